The summed E-state index contributed by atoms with van der Waals surface area (Å²) in [6, 6.07) is 7.72. The number of hydrogen-bond donors (Lipinski definition) is 1. The van der Waals surface area contributed by atoms with Crippen LogP contribution < -0.4 is 4.74 Å². The van der Waals surface area contributed by atoms with Crippen molar-refractivity contribution in [3.05, 3.63) is 29.8 Å². The minimum Gasteiger partial charge on any atom is -0.494 e. The third kappa shape index (κ3) is 3.48. The van der Waals surface area contributed by atoms with Crippen molar-refractivity contribution in [1.29, 1.82) is 0 Å². The van der Waals surface area contributed by atoms with E-state index in [1.165, 1.54) is 0 Å². The zero-order valence-electron chi connectivity index (χ0n) is 10.6. The van der Waals surface area contributed by atoms with E-state index in [4.69, 9.17) is 9.84 Å². The molecule has 1 aromatic rings. The number of carbonyl (C=O) groups is 1. The molecule has 3 heteroatoms. The Balaban J connectivity index is 2.95. The Morgan fingerprint density at radius 3 is 2.65 bits per heavy atom. The molecule has 0 unspecified atom stereocenters. The minimum absolute atomic E-state index is 0.0351. The van der Waals surface area contributed by atoms with E-state index in [9.17, 15) is 4.79 Å². The summed E-state index contributed by atoms with van der Waals surface area (Å²) in [5, 5.41) is 9.09. The first-order valence-corrected chi connectivity index (χ1v) is 6.05. The van der Waals surface area contributed by atoms with Crippen molar-refractivity contribution >= 4 is 5.97 Å². The van der Waals surface area contributed by atoms with Gasteiger partial charge in [-0.3, -0.25) is 4.79 Å². The van der Waals surface area contributed by atoms with Gasteiger partial charge < -0.3 is 9.84 Å². The molecule has 0 spiro atoms. The van der Waals surface area contributed by atoms with Crippen LogP contribution in [0.2, 0.25) is 0 Å². The second-order valence-electron chi connectivity index (χ2n) is 4.15. The summed E-state index contributed by atoms with van der Waals surface area (Å²) in [6.45, 7) is 6.32. The SMILES string of the molecule is CCOc1cccc([C@H](CC)[C@@H](C)C(=O)O)c1. The Morgan fingerprint density at radius 1 is 1.41 bits per heavy atom. The highest BCUT2D eigenvalue weighted by atomic mass is 16.5. The van der Waals surface area contributed by atoms with Crippen LogP contribution >= 0.6 is 0 Å². The van der Waals surface area contributed by atoms with Crippen LogP contribution in [0.15, 0.2) is 24.3 Å². The summed E-state index contributed by atoms with van der Waals surface area (Å²) >= 11 is 0. The lowest BCUT2D eigenvalue weighted by Crippen LogP contribution is -2.18. The quantitative estimate of drug-likeness (QED) is 0.824. The first-order chi connectivity index (χ1) is 8.10. The van der Waals surface area contributed by atoms with Gasteiger partial charge in [0.1, 0.15) is 5.75 Å². The summed E-state index contributed by atoms with van der Waals surface area (Å²) in [4.78, 5) is 11.1. The molecule has 94 valence electrons. The number of carboxylic acid groups (broad SMARTS) is 1. The van der Waals surface area contributed by atoms with Crippen LogP contribution in [0.4, 0.5) is 0 Å². The van der Waals surface area contributed by atoms with E-state index in [0.717, 1.165) is 17.7 Å². The van der Waals surface area contributed by atoms with Gasteiger partial charge in [-0.25, -0.2) is 0 Å². The van der Waals surface area contributed by atoms with Gasteiger partial charge >= 0.3 is 5.97 Å². The molecule has 0 aromatic heterocycles. The summed E-state index contributed by atoms with van der Waals surface area (Å²) in [7, 11) is 0. The highest BCUT2D eigenvalue weighted by molar-refractivity contribution is 5.71. The topological polar surface area (TPSA) is 46.5 Å². The summed E-state index contributed by atoms with van der Waals surface area (Å²) in [5.41, 5.74) is 1.04. The molecular weight excluding hydrogens is 216 g/mol. The lowest BCUT2D eigenvalue weighted by Gasteiger charge is -2.20. The maximum atomic E-state index is 11.1. The molecular formula is C14H20O3. The van der Waals surface area contributed by atoms with E-state index in [0.29, 0.717) is 6.61 Å². The molecule has 3 nitrogen and oxygen atoms in total. The van der Waals surface area contributed by atoms with E-state index in [2.05, 4.69) is 0 Å². The van der Waals surface area contributed by atoms with Gasteiger partial charge in [0, 0.05) is 0 Å². The molecule has 0 heterocycles. The predicted molar refractivity (Wildman–Crippen MR) is 67.4 cm³/mol. The molecule has 0 aliphatic rings. The van der Waals surface area contributed by atoms with Gasteiger partial charge in [-0.2, -0.15) is 0 Å². The fourth-order valence-electron chi connectivity index (χ4n) is 2.05. The molecule has 1 aromatic carbocycles. The normalized spacial score (nSPS) is 14.1. The zero-order chi connectivity index (χ0) is 12.8. The Labute approximate surface area is 102 Å². The van der Waals surface area contributed by atoms with Crippen molar-refractivity contribution in [3.63, 3.8) is 0 Å². The molecule has 0 saturated heterocycles. The average Bonchev–Trinajstić information content (AvgIpc) is 2.30. The summed E-state index contributed by atoms with van der Waals surface area (Å²) in [6.07, 6.45) is 0.809. The minimum atomic E-state index is -0.751. The van der Waals surface area contributed by atoms with Crippen LogP contribution in [0, 0.1) is 5.92 Å². The van der Waals surface area contributed by atoms with Crippen LogP contribution in [0.25, 0.3) is 0 Å². The van der Waals surface area contributed by atoms with Crippen LogP contribution in [0.1, 0.15) is 38.7 Å². The third-order valence-corrected chi connectivity index (χ3v) is 3.03. The molecule has 1 N–H and O–H groups in total. The molecule has 0 saturated carbocycles. The fraction of sp³-hybridized carbons (Fsp3) is 0.500. The van der Waals surface area contributed by atoms with Gasteiger partial charge in [0.25, 0.3) is 0 Å². The molecule has 17 heavy (non-hydrogen) atoms. The van der Waals surface area contributed by atoms with Gasteiger partial charge in [-0.1, -0.05) is 26.0 Å². The van der Waals surface area contributed by atoms with E-state index < -0.39 is 5.97 Å². The monoisotopic (exact) mass is 236 g/mol. The molecule has 0 fully saturated rings. The smallest absolute Gasteiger partial charge is 0.306 e. The number of benzene rings is 1. The Kier molecular flexibility index (Phi) is 5.01. The maximum Gasteiger partial charge on any atom is 0.306 e. The van der Waals surface area contributed by atoms with Gasteiger partial charge in [0.2, 0.25) is 0 Å². The van der Waals surface area contributed by atoms with Crippen molar-refractivity contribution in [2.45, 2.75) is 33.1 Å². The van der Waals surface area contributed by atoms with Crippen molar-refractivity contribution < 1.29 is 14.6 Å². The number of aliphatic carboxylic acids is 1. The van der Waals surface area contributed by atoms with E-state index in [1.54, 1.807) is 6.92 Å². The third-order valence-electron chi connectivity index (χ3n) is 3.03. The van der Waals surface area contributed by atoms with Crippen LogP contribution in [-0.4, -0.2) is 17.7 Å². The van der Waals surface area contributed by atoms with Gasteiger partial charge in [0.05, 0.1) is 12.5 Å². The predicted octanol–water partition coefficient (Wildman–Crippen LogP) is 3.30. The molecule has 2 atom stereocenters. The zero-order valence-corrected chi connectivity index (χ0v) is 10.6. The highest BCUT2D eigenvalue weighted by Gasteiger charge is 2.23. The molecule has 0 amide bonds. The molecule has 0 radical (unpaired) electrons. The average molecular weight is 236 g/mol. The Bertz CT molecular complexity index is 373. The van der Waals surface area contributed by atoms with E-state index in [-0.39, 0.29) is 11.8 Å². The lowest BCUT2D eigenvalue weighted by atomic mass is 9.85. The maximum absolute atomic E-state index is 11.1. The summed E-state index contributed by atoms with van der Waals surface area (Å²) < 4.78 is 5.43. The van der Waals surface area contributed by atoms with Crippen molar-refractivity contribution in [3.8, 4) is 5.75 Å². The first-order valence-electron chi connectivity index (χ1n) is 6.05. The van der Waals surface area contributed by atoms with E-state index >= 15 is 0 Å². The van der Waals surface area contributed by atoms with Gasteiger partial charge in [-0.15, -0.1) is 0 Å². The van der Waals surface area contributed by atoms with Crippen LogP contribution in [0.5, 0.6) is 5.75 Å². The van der Waals surface area contributed by atoms with Crippen molar-refractivity contribution in [2.24, 2.45) is 5.92 Å². The number of hydrogen-bond acceptors (Lipinski definition) is 2. The molecule has 1 rings (SSSR count). The second kappa shape index (κ2) is 6.28. The van der Waals surface area contributed by atoms with Crippen molar-refractivity contribution in [2.75, 3.05) is 6.61 Å². The Hall–Kier alpha value is -1.51. The highest BCUT2D eigenvalue weighted by Crippen LogP contribution is 2.30. The van der Waals surface area contributed by atoms with Crippen LogP contribution in [0.3, 0.4) is 0 Å². The van der Waals surface area contributed by atoms with Gasteiger partial charge in [-0.05, 0) is 37.0 Å². The van der Waals surface area contributed by atoms with Crippen molar-refractivity contribution in [1.82, 2.24) is 0 Å². The van der Waals surface area contributed by atoms with Gasteiger partial charge in [0.15, 0.2) is 0 Å². The first kappa shape index (κ1) is 13.6. The lowest BCUT2D eigenvalue weighted by molar-refractivity contribution is -0.141. The summed E-state index contributed by atoms with van der Waals surface area (Å²) in [5.74, 6) is -0.288. The number of carboxylic acids is 1. The fourth-order valence-corrected chi connectivity index (χ4v) is 2.05. The number of ether oxygens (including phenoxy) is 1. The standard InChI is InChI=1S/C14H20O3/c1-4-13(10(3)14(15)16)11-7-6-8-12(9-11)17-5-2/h6-10,13H,4-5H2,1-3H3,(H,15,16)/t10-,13-/m1/s1. The largest absolute Gasteiger partial charge is 0.494 e. The molecule has 0 aliphatic heterocycles. The second-order valence-corrected chi connectivity index (χ2v) is 4.15. The molecule has 0 aliphatic carbocycles. The Morgan fingerprint density at radius 2 is 2.12 bits per heavy atom. The van der Waals surface area contributed by atoms with Crippen LogP contribution in [-0.2, 0) is 4.79 Å². The van der Waals surface area contributed by atoms with E-state index in [1.807, 2.05) is 38.1 Å². The molecule has 0 bridgehead atoms. The number of rotatable bonds is 6.